The van der Waals surface area contributed by atoms with E-state index in [4.69, 9.17) is 0 Å². The summed E-state index contributed by atoms with van der Waals surface area (Å²) >= 11 is 3.48. The number of halogens is 1. The van der Waals surface area contributed by atoms with E-state index in [1.54, 1.807) is 12.1 Å². The lowest BCUT2D eigenvalue weighted by Crippen LogP contribution is -2.07. The number of rotatable bonds is 4. The molecule has 112 valence electrons. The number of hydrogen-bond donors (Lipinski definition) is 1. The van der Waals surface area contributed by atoms with E-state index < -0.39 is 9.84 Å². The highest BCUT2D eigenvalue weighted by Crippen LogP contribution is 2.24. The lowest BCUT2D eigenvalue weighted by molar-refractivity contribution is 0.602. The summed E-state index contributed by atoms with van der Waals surface area (Å²) in [5, 5.41) is 3.41. The summed E-state index contributed by atoms with van der Waals surface area (Å²) in [5.41, 5.74) is 3.25. The molecule has 0 spiro atoms. The molecule has 1 atom stereocenters. The van der Waals surface area contributed by atoms with Crippen molar-refractivity contribution < 1.29 is 8.42 Å². The predicted molar refractivity (Wildman–Crippen MR) is 90.5 cm³/mol. The minimum atomic E-state index is -3.14. The Hall–Kier alpha value is -1.33. The van der Waals surface area contributed by atoms with Crippen molar-refractivity contribution >= 4 is 31.5 Å². The fourth-order valence-corrected chi connectivity index (χ4v) is 2.95. The molecule has 0 bridgehead atoms. The van der Waals surface area contributed by atoms with Crippen molar-refractivity contribution in [3.63, 3.8) is 0 Å². The molecule has 0 aliphatic heterocycles. The number of aryl methyl sites for hydroxylation is 1. The van der Waals surface area contributed by atoms with Crippen molar-refractivity contribution in [3.8, 4) is 0 Å². The van der Waals surface area contributed by atoms with Gasteiger partial charge < -0.3 is 5.32 Å². The first kappa shape index (κ1) is 16.0. The Bertz CT molecular complexity index is 739. The maximum absolute atomic E-state index is 11.5. The van der Waals surface area contributed by atoms with E-state index in [0.29, 0.717) is 4.90 Å². The van der Waals surface area contributed by atoms with E-state index in [9.17, 15) is 8.42 Å². The van der Waals surface area contributed by atoms with Crippen LogP contribution < -0.4 is 5.32 Å². The van der Waals surface area contributed by atoms with Crippen LogP contribution >= 0.6 is 15.9 Å². The van der Waals surface area contributed by atoms with Gasteiger partial charge >= 0.3 is 0 Å². The molecule has 5 heteroatoms. The topological polar surface area (TPSA) is 46.2 Å². The molecule has 0 fully saturated rings. The van der Waals surface area contributed by atoms with E-state index >= 15 is 0 Å². The molecule has 3 nitrogen and oxygen atoms in total. The van der Waals surface area contributed by atoms with Gasteiger partial charge in [-0.25, -0.2) is 8.42 Å². The van der Waals surface area contributed by atoms with Gasteiger partial charge in [0.05, 0.1) is 4.90 Å². The molecular weight excluding hydrogens is 350 g/mol. The van der Waals surface area contributed by atoms with Crippen LogP contribution in [0.25, 0.3) is 0 Å². The first-order valence-corrected chi connectivity index (χ1v) is 9.28. The predicted octanol–water partition coefficient (Wildman–Crippen LogP) is 4.33. The molecule has 2 rings (SSSR count). The molecule has 0 saturated carbocycles. The molecule has 2 aromatic carbocycles. The van der Waals surface area contributed by atoms with Crippen molar-refractivity contribution in [2.24, 2.45) is 0 Å². The summed E-state index contributed by atoms with van der Waals surface area (Å²) in [5.74, 6) is 0. The van der Waals surface area contributed by atoms with Gasteiger partial charge in [0, 0.05) is 22.5 Å². The van der Waals surface area contributed by atoms with Crippen LogP contribution in [0, 0.1) is 6.92 Å². The van der Waals surface area contributed by atoms with Crippen LogP contribution in [0.1, 0.15) is 24.1 Å². The lowest BCUT2D eigenvalue weighted by Gasteiger charge is -2.17. The summed E-state index contributed by atoms with van der Waals surface area (Å²) in [6.07, 6.45) is 1.22. The van der Waals surface area contributed by atoms with Crippen LogP contribution in [-0.4, -0.2) is 14.7 Å². The minimum absolute atomic E-state index is 0.0965. The van der Waals surface area contributed by atoms with Crippen LogP contribution in [0.2, 0.25) is 0 Å². The van der Waals surface area contributed by atoms with Gasteiger partial charge in [0.15, 0.2) is 9.84 Å². The number of anilines is 1. The van der Waals surface area contributed by atoms with E-state index in [-0.39, 0.29) is 6.04 Å². The van der Waals surface area contributed by atoms with E-state index in [1.165, 1.54) is 11.8 Å². The van der Waals surface area contributed by atoms with Crippen molar-refractivity contribution in [1.29, 1.82) is 0 Å². The molecular formula is C16H18BrNO2S. The second-order valence-corrected chi connectivity index (χ2v) is 8.04. The Morgan fingerprint density at radius 1 is 1.10 bits per heavy atom. The molecule has 21 heavy (non-hydrogen) atoms. The minimum Gasteiger partial charge on any atom is -0.379 e. The normalized spacial score (nSPS) is 13.0. The number of hydrogen-bond acceptors (Lipinski definition) is 3. The standard InChI is InChI=1S/C16H18BrNO2S/c1-11-10-14(6-9-16(11)17)18-12(2)13-4-7-15(8-5-13)21(3,19)20/h4-10,12,18H,1-3H3. The van der Waals surface area contributed by atoms with Crippen molar-refractivity contribution in [2.45, 2.75) is 24.8 Å². The smallest absolute Gasteiger partial charge is 0.175 e. The first-order chi connectivity index (χ1) is 9.77. The summed E-state index contributed by atoms with van der Waals surface area (Å²) in [7, 11) is -3.14. The Labute approximate surface area is 134 Å². The zero-order chi connectivity index (χ0) is 15.6. The summed E-state index contributed by atoms with van der Waals surface area (Å²) < 4.78 is 24.0. The Kier molecular flexibility index (Phi) is 4.74. The third kappa shape index (κ3) is 4.08. The monoisotopic (exact) mass is 367 g/mol. The lowest BCUT2D eigenvalue weighted by atomic mass is 10.1. The van der Waals surface area contributed by atoms with E-state index in [0.717, 1.165) is 15.7 Å². The summed E-state index contributed by atoms with van der Waals surface area (Å²) in [6.45, 7) is 4.09. The summed E-state index contributed by atoms with van der Waals surface area (Å²) in [6, 6.07) is 13.2. The molecule has 1 N–H and O–H groups in total. The second-order valence-electron chi connectivity index (χ2n) is 5.17. The van der Waals surface area contributed by atoms with Gasteiger partial charge in [0.25, 0.3) is 0 Å². The van der Waals surface area contributed by atoms with E-state index in [2.05, 4.69) is 27.3 Å². The molecule has 0 amide bonds. The fraction of sp³-hybridized carbons (Fsp3) is 0.250. The van der Waals surface area contributed by atoms with Gasteiger partial charge in [-0.2, -0.15) is 0 Å². The van der Waals surface area contributed by atoms with Crippen LogP contribution in [0.5, 0.6) is 0 Å². The van der Waals surface area contributed by atoms with Crippen LogP contribution in [0.15, 0.2) is 51.8 Å². The molecule has 0 radical (unpaired) electrons. The van der Waals surface area contributed by atoms with E-state index in [1.807, 2.05) is 38.1 Å². The quantitative estimate of drug-likeness (QED) is 0.874. The van der Waals surface area contributed by atoms with Gasteiger partial charge in [-0.05, 0) is 55.3 Å². The molecule has 0 aliphatic rings. The highest BCUT2D eigenvalue weighted by molar-refractivity contribution is 9.10. The summed E-state index contributed by atoms with van der Waals surface area (Å²) in [4.78, 5) is 0.345. The average molecular weight is 368 g/mol. The molecule has 1 unspecified atom stereocenters. The average Bonchev–Trinajstić information content (AvgIpc) is 2.42. The first-order valence-electron chi connectivity index (χ1n) is 6.60. The van der Waals surface area contributed by atoms with Crippen LogP contribution in [-0.2, 0) is 9.84 Å². The number of nitrogens with one attached hydrogen (secondary N) is 1. The number of benzene rings is 2. The second kappa shape index (κ2) is 6.20. The van der Waals surface area contributed by atoms with Crippen LogP contribution in [0.3, 0.4) is 0 Å². The van der Waals surface area contributed by atoms with Gasteiger partial charge in [-0.1, -0.05) is 28.1 Å². The Balaban J connectivity index is 2.16. The van der Waals surface area contributed by atoms with Gasteiger partial charge in [0.2, 0.25) is 0 Å². The maximum atomic E-state index is 11.5. The third-order valence-electron chi connectivity index (χ3n) is 3.35. The van der Waals surface area contributed by atoms with Gasteiger partial charge in [0.1, 0.15) is 0 Å². The fourth-order valence-electron chi connectivity index (χ4n) is 2.07. The molecule has 2 aromatic rings. The van der Waals surface area contributed by atoms with Gasteiger partial charge in [-0.3, -0.25) is 0 Å². The molecule has 0 aromatic heterocycles. The molecule has 0 saturated heterocycles. The maximum Gasteiger partial charge on any atom is 0.175 e. The zero-order valence-corrected chi connectivity index (χ0v) is 14.6. The largest absolute Gasteiger partial charge is 0.379 e. The SMILES string of the molecule is Cc1cc(NC(C)c2ccc(S(C)(=O)=O)cc2)ccc1Br. The highest BCUT2D eigenvalue weighted by atomic mass is 79.9. The third-order valence-corrected chi connectivity index (χ3v) is 5.37. The molecule has 0 aliphatic carbocycles. The Morgan fingerprint density at radius 2 is 1.71 bits per heavy atom. The van der Waals surface area contributed by atoms with Crippen molar-refractivity contribution in [2.75, 3.05) is 11.6 Å². The van der Waals surface area contributed by atoms with Gasteiger partial charge in [-0.15, -0.1) is 0 Å². The zero-order valence-electron chi connectivity index (χ0n) is 12.2. The molecule has 0 heterocycles. The number of sulfone groups is 1. The Morgan fingerprint density at radius 3 is 2.24 bits per heavy atom. The highest BCUT2D eigenvalue weighted by Gasteiger charge is 2.10. The van der Waals surface area contributed by atoms with Crippen LogP contribution in [0.4, 0.5) is 5.69 Å². The van der Waals surface area contributed by atoms with Crippen molar-refractivity contribution in [3.05, 3.63) is 58.1 Å². The van der Waals surface area contributed by atoms with Crippen molar-refractivity contribution in [1.82, 2.24) is 0 Å².